The molecule has 0 spiro atoms. The molecule has 0 atom stereocenters. The van der Waals surface area contributed by atoms with Gasteiger partial charge in [0.25, 0.3) is 0 Å². The molecule has 0 fully saturated rings. The van der Waals surface area contributed by atoms with Gasteiger partial charge in [-0.15, -0.1) is 0 Å². The number of rotatable bonds is 1. The van der Waals surface area contributed by atoms with E-state index in [9.17, 15) is 0 Å². The first-order valence-electron chi connectivity index (χ1n) is 4.41. The zero-order chi connectivity index (χ0) is 9.52. The van der Waals surface area contributed by atoms with Crippen LogP contribution in [0.5, 0.6) is 0 Å². The molecule has 0 amide bonds. The molecule has 2 heterocycles. The van der Waals surface area contributed by atoms with E-state index in [0.717, 1.165) is 17.9 Å². The van der Waals surface area contributed by atoms with Gasteiger partial charge in [0.2, 0.25) is 0 Å². The molecule has 0 aliphatic rings. The molecule has 13 heavy (non-hydrogen) atoms. The van der Waals surface area contributed by atoms with Gasteiger partial charge in [-0.25, -0.2) is 4.98 Å². The van der Waals surface area contributed by atoms with Crippen molar-refractivity contribution in [3.63, 3.8) is 0 Å². The van der Waals surface area contributed by atoms with Gasteiger partial charge >= 0.3 is 0 Å². The maximum absolute atomic E-state index is 4.17. The van der Waals surface area contributed by atoms with Crippen LogP contribution in [0.3, 0.4) is 0 Å². The van der Waals surface area contributed by atoms with Crippen LogP contribution in [-0.4, -0.2) is 15.0 Å². The monoisotopic (exact) mass is 177 g/mol. The number of hydrogen-bond acceptors (Lipinski definition) is 1. The Morgan fingerprint density at radius 2 is 2.00 bits per heavy atom. The van der Waals surface area contributed by atoms with E-state index in [1.54, 1.807) is 0 Å². The Bertz CT molecular complexity index is 291. The molecule has 2 N–H and O–H groups in total. The van der Waals surface area contributed by atoms with Crippen LogP contribution < -0.4 is 0 Å². The summed E-state index contributed by atoms with van der Waals surface area (Å²) < 4.78 is 0. The number of aryl methyl sites for hydroxylation is 2. The lowest BCUT2D eigenvalue weighted by molar-refractivity contribution is 0.982. The molecule has 0 saturated heterocycles. The van der Waals surface area contributed by atoms with E-state index in [1.165, 1.54) is 0 Å². The predicted molar refractivity (Wildman–Crippen MR) is 53.5 cm³/mol. The van der Waals surface area contributed by atoms with Crippen molar-refractivity contribution in [3.8, 4) is 0 Å². The molecule has 2 aromatic heterocycles. The van der Waals surface area contributed by atoms with Gasteiger partial charge in [0.05, 0.1) is 5.69 Å². The van der Waals surface area contributed by atoms with Crippen LogP contribution in [0, 0.1) is 6.92 Å². The Labute approximate surface area is 78.2 Å². The zero-order valence-corrected chi connectivity index (χ0v) is 8.04. The standard InChI is InChI=1S/C6H10N2.C4H5N/c1-3-6-7-4-5(2)8-6;1-2-4-5-3-1/h4H,3H2,1-2H3,(H,7,8);1-5H. The second-order valence-corrected chi connectivity index (χ2v) is 2.73. The maximum Gasteiger partial charge on any atom is 0.106 e. The van der Waals surface area contributed by atoms with Crippen LogP contribution in [0.1, 0.15) is 18.4 Å². The Balaban J connectivity index is 0.000000145. The molecule has 0 aliphatic carbocycles. The predicted octanol–water partition coefficient (Wildman–Crippen LogP) is 2.30. The summed E-state index contributed by atoms with van der Waals surface area (Å²) in [5, 5.41) is 0. The lowest BCUT2D eigenvalue weighted by Crippen LogP contribution is -1.80. The first-order valence-corrected chi connectivity index (χ1v) is 4.41. The molecule has 0 aliphatic heterocycles. The topological polar surface area (TPSA) is 44.5 Å². The Kier molecular flexibility index (Phi) is 3.82. The number of nitrogens with zero attached hydrogens (tertiary/aromatic N) is 1. The van der Waals surface area contributed by atoms with Gasteiger partial charge in [-0.1, -0.05) is 6.92 Å². The molecule has 0 saturated carbocycles. The summed E-state index contributed by atoms with van der Waals surface area (Å²) in [6, 6.07) is 3.89. The first kappa shape index (κ1) is 9.58. The first-order chi connectivity index (χ1) is 6.33. The molecule has 0 radical (unpaired) electrons. The van der Waals surface area contributed by atoms with E-state index in [0.29, 0.717) is 0 Å². The summed E-state index contributed by atoms with van der Waals surface area (Å²) in [6.07, 6.45) is 6.66. The van der Waals surface area contributed by atoms with Crippen LogP contribution >= 0.6 is 0 Å². The van der Waals surface area contributed by atoms with Crippen molar-refractivity contribution in [1.82, 2.24) is 15.0 Å². The van der Waals surface area contributed by atoms with Gasteiger partial charge in [0.15, 0.2) is 0 Å². The van der Waals surface area contributed by atoms with Crippen molar-refractivity contribution < 1.29 is 0 Å². The van der Waals surface area contributed by atoms with E-state index < -0.39 is 0 Å². The molecular weight excluding hydrogens is 162 g/mol. The molecule has 3 nitrogen and oxygen atoms in total. The SMILES string of the molecule is CCc1nc(C)c[nH]1.c1cc[nH]c1. The van der Waals surface area contributed by atoms with Crippen LogP contribution in [0.25, 0.3) is 0 Å². The minimum absolute atomic E-state index is 0.994. The van der Waals surface area contributed by atoms with Gasteiger partial charge < -0.3 is 9.97 Å². The van der Waals surface area contributed by atoms with Gasteiger partial charge in [-0.2, -0.15) is 0 Å². The van der Waals surface area contributed by atoms with Crippen molar-refractivity contribution in [1.29, 1.82) is 0 Å². The van der Waals surface area contributed by atoms with E-state index in [2.05, 4.69) is 21.9 Å². The fraction of sp³-hybridized carbons (Fsp3) is 0.300. The number of imidazole rings is 1. The lowest BCUT2D eigenvalue weighted by Gasteiger charge is -1.80. The second kappa shape index (κ2) is 5.19. The van der Waals surface area contributed by atoms with Crippen LogP contribution in [0.2, 0.25) is 0 Å². The normalized spacial score (nSPS) is 9.08. The van der Waals surface area contributed by atoms with Crippen LogP contribution in [0.15, 0.2) is 30.7 Å². The van der Waals surface area contributed by atoms with Crippen molar-refractivity contribution in [2.24, 2.45) is 0 Å². The number of hydrogen-bond donors (Lipinski definition) is 2. The molecule has 0 unspecified atom stereocenters. The highest BCUT2D eigenvalue weighted by Gasteiger charge is 1.89. The highest BCUT2D eigenvalue weighted by molar-refractivity contribution is 4.97. The van der Waals surface area contributed by atoms with Crippen molar-refractivity contribution in [2.45, 2.75) is 20.3 Å². The number of nitrogens with one attached hydrogen (secondary N) is 2. The van der Waals surface area contributed by atoms with Gasteiger partial charge in [0, 0.05) is 25.0 Å². The molecule has 0 bridgehead atoms. The van der Waals surface area contributed by atoms with Gasteiger partial charge in [-0.05, 0) is 19.1 Å². The quantitative estimate of drug-likeness (QED) is 0.689. The average Bonchev–Trinajstić information content (AvgIpc) is 2.76. The molecular formula is C10H15N3. The van der Waals surface area contributed by atoms with Gasteiger partial charge in [0.1, 0.15) is 5.82 Å². The third-order valence-corrected chi connectivity index (χ3v) is 1.59. The van der Waals surface area contributed by atoms with E-state index in [1.807, 2.05) is 37.6 Å². The Morgan fingerprint density at radius 1 is 1.31 bits per heavy atom. The minimum Gasteiger partial charge on any atom is -0.368 e. The van der Waals surface area contributed by atoms with E-state index in [4.69, 9.17) is 0 Å². The Hall–Kier alpha value is -1.51. The van der Waals surface area contributed by atoms with Crippen LogP contribution in [0.4, 0.5) is 0 Å². The maximum atomic E-state index is 4.17. The second-order valence-electron chi connectivity index (χ2n) is 2.73. The number of H-pyrrole nitrogens is 2. The fourth-order valence-corrected chi connectivity index (χ4v) is 0.924. The summed E-state index contributed by atoms with van der Waals surface area (Å²) in [7, 11) is 0. The average molecular weight is 177 g/mol. The summed E-state index contributed by atoms with van der Waals surface area (Å²) >= 11 is 0. The van der Waals surface area contributed by atoms with Crippen molar-refractivity contribution >= 4 is 0 Å². The number of aromatic nitrogens is 3. The number of aromatic amines is 2. The molecule has 70 valence electrons. The highest BCUT2D eigenvalue weighted by atomic mass is 14.9. The van der Waals surface area contributed by atoms with Crippen LogP contribution in [-0.2, 0) is 6.42 Å². The summed E-state index contributed by atoms with van der Waals surface area (Å²) in [4.78, 5) is 10.1. The van der Waals surface area contributed by atoms with Crippen molar-refractivity contribution in [3.05, 3.63) is 42.2 Å². The van der Waals surface area contributed by atoms with Gasteiger partial charge in [-0.3, -0.25) is 0 Å². The fourth-order valence-electron chi connectivity index (χ4n) is 0.924. The minimum atomic E-state index is 0.994. The Morgan fingerprint density at radius 3 is 2.23 bits per heavy atom. The summed E-state index contributed by atoms with van der Waals surface area (Å²) in [6.45, 7) is 4.06. The third-order valence-electron chi connectivity index (χ3n) is 1.59. The molecule has 2 aromatic rings. The largest absolute Gasteiger partial charge is 0.368 e. The zero-order valence-electron chi connectivity index (χ0n) is 8.04. The van der Waals surface area contributed by atoms with E-state index in [-0.39, 0.29) is 0 Å². The third kappa shape index (κ3) is 3.60. The highest BCUT2D eigenvalue weighted by Crippen LogP contribution is 1.93. The van der Waals surface area contributed by atoms with Crippen molar-refractivity contribution in [2.75, 3.05) is 0 Å². The lowest BCUT2D eigenvalue weighted by atomic mass is 10.5. The van der Waals surface area contributed by atoms with E-state index >= 15 is 0 Å². The summed E-state index contributed by atoms with van der Waals surface area (Å²) in [5.41, 5.74) is 1.07. The molecule has 0 aromatic carbocycles. The smallest absolute Gasteiger partial charge is 0.106 e. The summed E-state index contributed by atoms with van der Waals surface area (Å²) in [5.74, 6) is 1.07. The molecule has 2 rings (SSSR count). The molecule has 3 heteroatoms.